The standard InChI is InChI=1S/C24H31Cl2F2N5O2/c1-15(30-6-4-5-7-30)17-12-18(25)20(35-3)13-19(17)31-8-10-32(11-9-31)21(34)14-33-16(2)22(26)23(29-33)24(27)28/h12-13,15,24H,4-11,14H2,1-3H3. The third kappa shape index (κ3) is 5.37. The van der Waals surface area contributed by atoms with Crippen LogP contribution in [0.2, 0.25) is 10.0 Å². The molecule has 1 aromatic heterocycles. The lowest BCUT2D eigenvalue weighted by atomic mass is 10.0. The molecule has 1 amide bonds. The third-order valence-corrected chi connectivity index (χ3v) is 7.83. The molecule has 1 aromatic carbocycles. The van der Waals surface area contributed by atoms with Crippen LogP contribution in [0.5, 0.6) is 5.75 Å². The molecule has 1 unspecified atom stereocenters. The summed E-state index contributed by atoms with van der Waals surface area (Å²) in [6.07, 6.45) is -0.386. The number of halogens is 4. The van der Waals surface area contributed by atoms with Crippen LogP contribution in [0.4, 0.5) is 14.5 Å². The molecule has 7 nitrogen and oxygen atoms in total. The van der Waals surface area contributed by atoms with E-state index in [0.717, 1.165) is 24.3 Å². The van der Waals surface area contributed by atoms with Crippen molar-refractivity contribution < 1.29 is 18.3 Å². The number of rotatable bonds is 7. The predicted octanol–water partition coefficient (Wildman–Crippen LogP) is 4.95. The Morgan fingerprint density at radius 3 is 2.34 bits per heavy atom. The van der Waals surface area contributed by atoms with Gasteiger partial charge in [-0.2, -0.15) is 5.10 Å². The number of carbonyl (C=O) groups excluding carboxylic acids is 1. The summed E-state index contributed by atoms with van der Waals surface area (Å²) in [7, 11) is 1.61. The molecule has 0 aliphatic carbocycles. The number of nitrogens with zero attached hydrogens (tertiary/aromatic N) is 5. The van der Waals surface area contributed by atoms with Gasteiger partial charge in [0.1, 0.15) is 18.0 Å². The molecule has 0 spiro atoms. The maximum atomic E-state index is 13.1. The van der Waals surface area contributed by atoms with Gasteiger partial charge in [-0.15, -0.1) is 0 Å². The Kier molecular flexibility index (Phi) is 8.08. The SMILES string of the molecule is COc1cc(N2CCN(C(=O)Cn3nc(C(F)F)c(Cl)c3C)CC2)c(C(C)N2CCCC2)cc1Cl. The van der Waals surface area contributed by atoms with E-state index in [1.54, 1.807) is 18.9 Å². The van der Waals surface area contributed by atoms with Gasteiger partial charge >= 0.3 is 0 Å². The Labute approximate surface area is 214 Å². The van der Waals surface area contributed by atoms with Gasteiger partial charge in [0.05, 0.1) is 22.8 Å². The van der Waals surface area contributed by atoms with Gasteiger partial charge in [-0.25, -0.2) is 8.78 Å². The fraction of sp³-hybridized carbons (Fsp3) is 0.583. The second-order valence-electron chi connectivity index (χ2n) is 9.08. The van der Waals surface area contributed by atoms with Crippen LogP contribution in [0.3, 0.4) is 0 Å². The van der Waals surface area contributed by atoms with E-state index < -0.39 is 12.1 Å². The van der Waals surface area contributed by atoms with Crippen LogP contribution >= 0.6 is 23.2 Å². The molecule has 1 atom stereocenters. The first-order valence-corrected chi connectivity index (χ1v) is 12.6. The molecular weight excluding hydrogens is 499 g/mol. The van der Waals surface area contributed by atoms with Crippen molar-refractivity contribution in [3.63, 3.8) is 0 Å². The van der Waals surface area contributed by atoms with E-state index in [9.17, 15) is 13.6 Å². The van der Waals surface area contributed by atoms with Crippen molar-refractivity contribution in [2.75, 3.05) is 51.3 Å². The average molecular weight is 530 g/mol. The quantitative estimate of drug-likeness (QED) is 0.507. The highest BCUT2D eigenvalue weighted by molar-refractivity contribution is 6.32. The lowest BCUT2D eigenvalue weighted by Crippen LogP contribution is -2.50. The normalized spacial score (nSPS) is 17.9. The fourth-order valence-electron chi connectivity index (χ4n) is 4.91. The molecule has 0 radical (unpaired) electrons. The molecule has 11 heteroatoms. The number of amides is 1. The third-order valence-electron chi connectivity index (χ3n) is 7.06. The van der Waals surface area contributed by atoms with Crippen molar-refractivity contribution in [2.24, 2.45) is 0 Å². The molecule has 192 valence electrons. The number of hydrogen-bond acceptors (Lipinski definition) is 5. The molecule has 0 N–H and O–H groups in total. The van der Waals surface area contributed by atoms with E-state index in [4.69, 9.17) is 27.9 Å². The van der Waals surface area contributed by atoms with E-state index >= 15 is 0 Å². The van der Waals surface area contributed by atoms with Crippen molar-refractivity contribution in [1.82, 2.24) is 19.6 Å². The average Bonchev–Trinajstić information content (AvgIpc) is 3.48. The molecule has 4 rings (SSSR count). The smallest absolute Gasteiger partial charge is 0.283 e. The minimum atomic E-state index is -2.78. The number of carbonyl (C=O) groups is 1. The molecule has 0 bridgehead atoms. The van der Waals surface area contributed by atoms with Gasteiger partial charge in [0, 0.05) is 44.0 Å². The summed E-state index contributed by atoms with van der Waals surface area (Å²) < 4.78 is 33.0. The van der Waals surface area contributed by atoms with Gasteiger partial charge in [-0.3, -0.25) is 14.4 Å². The maximum absolute atomic E-state index is 13.1. The number of ether oxygens (including phenoxy) is 1. The van der Waals surface area contributed by atoms with Crippen molar-refractivity contribution in [1.29, 1.82) is 0 Å². The zero-order chi connectivity index (χ0) is 25.3. The number of alkyl halides is 2. The highest BCUT2D eigenvalue weighted by Crippen LogP contribution is 2.39. The van der Waals surface area contributed by atoms with Gasteiger partial charge in [0.2, 0.25) is 5.91 Å². The second-order valence-corrected chi connectivity index (χ2v) is 9.86. The van der Waals surface area contributed by atoms with Gasteiger partial charge in [-0.05, 0) is 51.4 Å². The lowest BCUT2D eigenvalue weighted by Gasteiger charge is -2.38. The van der Waals surface area contributed by atoms with Crippen LogP contribution in [0, 0.1) is 6.92 Å². The summed E-state index contributed by atoms with van der Waals surface area (Å²) >= 11 is 12.5. The number of hydrogen-bond donors (Lipinski definition) is 0. The van der Waals surface area contributed by atoms with Crippen LogP contribution in [0.15, 0.2) is 12.1 Å². The topological polar surface area (TPSA) is 53.8 Å². The Morgan fingerprint density at radius 1 is 1.11 bits per heavy atom. The summed E-state index contributed by atoms with van der Waals surface area (Å²) in [5.41, 5.74) is 2.09. The highest BCUT2D eigenvalue weighted by Gasteiger charge is 2.29. The summed E-state index contributed by atoms with van der Waals surface area (Å²) in [6, 6.07) is 4.20. The molecule has 2 aliphatic rings. The van der Waals surface area contributed by atoms with E-state index in [2.05, 4.69) is 21.8 Å². The number of piperazine rings is 1. The highest BCUT2D eigenvalue weighted by atomic mass is 35.5. The fourth-order valence-corrected chi connectivity index (χ4v) is 5.38. The minimum absolute atomic E-state index is 0.0889. The minimum Gasteiger partial charge on any atom is -0.495 e. The lowest BCUT2D eigenvalue weighted by molar-refractivity contribution is -0.132. The molecule has 2 aromatic rings. The summed E-state index contributed by atoms with van der Waals surface area (Å²) in [5, 5.41) is 4.34. The Balaban J connectivity index is 1.47. The second kappa shape index (κ2) is 10.9. The van der Waals surface area contributed by atoms with Gasteiger partial charge < -0.3 is 14.5 Å². The number of aromatic nitrogens is 2. The summed E-state index contributed by atoms with van der Waals surface area (Å²) in [6.45, 7) is 8.10. The zero-order valence-electron chi connectivity index (χ0n) is 20.2. The molecule has 2 saturated heterocycles. The summed E-state index contributed by atoms with van der Waals surface area (Å²) in [4.78, 5) is 19.4. The maximum Gasteiger partial charge on any atom is 0.283 e. The molecule has 3 heterocycles. The number of anilines is 1. The Hall–Kier alpha value is -2.10. The Morgan fingerprint density at radius 2 is 1.77 bits per heavy atom. The number of methoxy groups -OCH3 is 1. The van der Waals surface area contributed by atoms with Crippen molar-refractivity contribution in [3.8, 4) is 5.75 Å². The van der Waals surface area contributed by atoms with E-state index in [1.165, 1.54) is 17.5 Å². The summed E-state index contributed by atoms with van der Waals surface area (Å²) in [5.74, 6) is 0.450. The molecule has 35 heavy (non-hydrogen) atoms. The van der Waals surface area contributed by atoms with Crippen LogP contribution in [0.1, 0.15) is 49.2 Å². The Bertz CT molecular complexity index is 1070. The van der Waals surface area contributed by atoms with Gasteiger partial charge in [0.15, 0.2) is 0 Å². The van der Waals surface area contributed by atoms with Crippen molar-refractivity contribution >= 4 is 34.8 Å². The van der Waals surface area contributed by atoms with Crippen LogP contribution in [-0.2, 0) is 11.3 Å². The first-order valence-electron chi connectivity index (χ1n) is 11.9. The zero-order valence-corrected chi connectivity index (χ0v) is 21.7. The number of benzene rings is 1. The predicted molar refractivity (Wildman–Crippen MR) is 133 cm³/mol. The van der Waals surface area contributed by atoms with Crippen molar-refractivity contribution in [2.45, 2.75) is 45.7 Å². The van der Waals surface area contributed by atoms with E-state index in [0.29, 0.717) is 42.6 Å². The molecule has 2 aliphatic heterocycles. The van der Waals surface area contributed by atoms with Crippen LogP contribution in [-0.4, -0.2) is 71.9 Å². The molecule has 2 fully saturated rings. The van der Waals surface area contributed by atoms with E-state index in [1.807, 2.05) is 12.1 Å². The van der Waals surface area contributed by atoms with E-state index in [-0.39, 0.29) is 23.5 Å². The monoisotopic (exact) mass is 529 g/mol. The van der Waals surface area contributed by atoms with Crippen LogP contribution in [0.25, 0.3) is 0 Å². The largest absolute Gasteiger partial charge is 0.495 e. The first-order chi connectivity index (χ1) is 16.7. The van der Waals surface area contributed by atoms with Gasteiger partial charge in [-0.1, -0.05) is 23.2 Å². The van der Waals surface area contributed by atoms with Gasteiger partial charge in [0.25, 0.3) is 6.43 Å². The molecule has 0 saturated carbocycles. The van der Waals surface area contributed by atoms with Crippen molar-refractivity contribution in [3.05, 3.63) is 39.1 Å². The first kappa shape index (κ1) is 26.0. The molecular formula is C24H31Cl2F2N5O2. The number of likely N-dealkylation sites (tertiary alicyclic amines) is 1. The van der Waals surface area contributed by atoms with Crippen LogP contribution < -0.4 is 9.64 Å².